The number of anilines is 1. The Bertz CT molecular complexity index is 781. The molecule has 2 heterocycles. The van der Waals surface area contributed by atoms with E-state index in [0.717, 1.165) is 36.7 Å². The first-order valence-corrected chi connectivity index (χ1v) is 9.44. The zero-order valence-corrected chi connectivity index (χ0v) is 13.7. The third-order valence-corrected chi connectivity index (χ3v) is 5.98. The fourth-order valence-electron chi connectivity index (χ4n) is 2.59. The first-order chi connectivity index (χ1) is 11.0. The van der Waals surface area contributed by atoms with Crippen LogP contribution in [0.5, 0.6) is 0 Å². The summed E-state index contributed by atoms with van der Waals surface area (Å²) in [7, 11) is -3.88. The quantitative estimate of drug-likeness (QED) is 0.890. The van der Waals surface area contributed by atoms with Gasteiger partial charge in [-0.1, -0.05) is 0 Å². The first-order valence-electron chi connectivity index (χ1n) is 7.08. The van der Waals surface area contributed by atoms with Gasteiger partial charge in [-0.25, -0.2) is 26.9 Å². The van der Waals surface area contributed by atoms with Crippen LogP contribution in [0, 0.1) is 11.6 Å². The second-order valence-corrected chi connectivity index (χ2v) is 7.87. The van der Waals surface area contributed by atoms with E-state index in [1.54, 1.807) is 6.20 Å². The normalized spacial score (nSPS) is 18.5. The summed E-state index contributed by atoms with van der Waals surface area (Å²) < 4.78 is 53.0. The number of hydrogen-bond acceptors (Lipinski definition) is 5. The average molecular weight is 359 g/mol. The van der Waals surface area contributed by atoms with E-state index in [2.05, 4.69) is 14.6 Å². The topological polar surface area (TPSA) is 62.3 Å². The number of sulfonamides is 1. The number of aromatic nitrogens is 1. The average Bonchev–Trinajstić information content (AvgIpc) is 3.18. The molecule has 1 atom stereocenters. The van der Waals surface area contributed by atoms with Crippen molar-refractivity contribution in [3.63, 3.8) is 0 Å². The summed E-state index contributed by atoms with van der Waals surface area (Å²) in [6, 6.07) is 2.54. The molecule has 124 valence electrons. The molecule has 23 heavy (non-hydrogen) atoms. The van der Waals surface area contributed by atoms with Crippen LogP contribution in [0.15, 0.2) is 34.7 Å². The van der Waals surface area contributed by atoms with E-state index < -0.39 is 21.7 Å². The molecule has 0 saturated carbocycles. The molecule has 1 N–H and O–H groups in total. The molecule has 1 fully saturated rings. The molecule has 3 rings (SSSR count). The van der Waals surface area contributed by atoms with Gasteiger partial charge in [0.1, 0.15) is 0 Å². The summed E-state index contributed by atoms with van der Waals surface area (Å²) >= 11 is 1.50. The maximum Gasteiger partial charge on any atom is 0.240 e. The van der Waals surface area contributed by atoms with Crippen molar-refractivity contribution in [3.05, 3.63) is 41.4 Å². The summed E-state index contributed by atoms with van der Waals surface area (Å²) in [5.41, 5.74) is 0. The van der Waals surface area contributed by atoms with Crippen molar-refractivity contribution >= 4 is 26.5 Å². The van der Waals surface area contributed by atoms with Crippen LogP contribution in [-0.2, 0) is 10.0 Å². The standard InChI is InChI=1S/C14H15F2N3O2S2/c15-12-4-3-11(8-13(12)16)23(20,21)18-9-10-2-1-6-19(10)14-17-5-7-22-14/h3-5,7-8,10,18H,1-2,6,9H2. The highest BCUT2D eigenvalue weighted by Gasteiger charge is 2.28. The molecule has 1 aliphatic heterocycles. The summed E-state index contributed by atoms with van der Waals surface area (Å²) in [5, 5.41) is 2.73. The zero-order chi connectivity index (χ0) is 16.4. The predicted molar refractivity (Wildman–Crippen MR) is 84.0 cm³/mol. The number of benzene rings is 1. The smallest absolute Gasteiger partial charge is 0.240 e. The van der Waals surface area contributed by atoms with Crippen LogP contribution in [0.3, 0.4) is 0 Å². The molecule has 1 unspecified atom stereocenters. The molecule has 0 amide bonds. The molecule has 1 aliphatic rings. The number of halogens is 2. The van der Waals surface area contributed by atoms with Gasteiger partial charge in [0.15, 0.2) is 16.8 Å². The van der Waals surface area contributed by atoms with Gasteiger partial charge in [-0.3, -0.25) is 0 Å². The summed E-state index contributed by atoms with van der Waals surface area (Å²) in [6.45, 7) is 1.02. The highest BCUT2D eigenvalue weighted by Crippen LogP contribution is 2.27. The summed E-state index contributed by atoms with van der Waals surface area (Å²) in [5.74, 6) is -2.26. The van der Waals surface area contributed by atoms with Crippen LogP contribution in [0.4, 0.5) is 13.9 Å². The van der Waals surface area contributed by atoms with Crippen LogP contribution < -0.4 is 9.62 Å². The Labute approximate surface area is 137 Å². The molecule has 0 spiro atoms. The highest BCUT2D eigenvalue weighted by atomic mass is 32.2. The van der Waals surface area contributed by atoms with E-state index >= 15 is 0 Å². The van der Waals surface area contributed by atoms with Crippen molar-refractivity contribution in [1.82, 2.24) is 9.71 Å². The van der Waals surface area contributed by atoms with Crippen molar-refractivity contribution in [1.29, 1.82) is 0 Å². The lowest BCUT2D eigenvalue weighted by molar-refractivity contribution is 0.504. The summed E-state index contributed by atoms with van der Waals surface area (Å²) in [6.07, 6.45) is 3.51. The maximum atomic E-state index is 13.2. The molecule has 0 bridgehead atoms. The van der Waals surface area contributed by atoms with Crippen LogP contribution in [0.25, 0.3) is 0 Å². The maximum absolute atomic E-state index is 13.2. The lowest BCUT2D eigenvalue weighted by Crippen LogP contribution is -2.40. The van der Waals surface area contributed by atoms with Gasteiger partial charge in [-0.2, -0.15) is 0 Å². The fraction of sp³-hybridized carbons (Fsp3) is 0.357. The Morgan fingerprint density at radius 1 is 1.35 bits per heavy atom. The Balaban J connectivity index is 1.70. The van der Waals surface area contributed by atoms with E-state index in [-0.39, 0.29) is 17.5 Å². The van der Waals surface area contributed by atoms with Crippen LogP contribution in [-0.4, -0.2) is 32.5 Å². The minimum atomic E-state index is -3.88. The lowest BCUT2D eigenvalue weighted by Gasteiger charge is -2.24. The van der Waals surface area contributed by atoms with E-state index in [0.29, 0.717) is 6.07 Å². The molecule has 1 saturated heterocycles. The second-order valence-electron chi connectivity index (χ2n) is 5.23. The summed E-state index contributed by atoms with van der Waals surface area (Å²) in [4.78, 5) is 6.03. The zero-order valence-electron chi connectivity index (χ0n) is 12.1. The first kappa shape index (κ1) is 16.3. The number of nitrogens with one attached hydrogen (secondary N) is 1. The number of hydrogen-bond donors (Lipinski definition) is 1. The van der Waals surface area contributed by atoms with Gasteiger partial charge >= 0.3 is 0 Å². The molecule has 2 aromatic rings. The van der Waals surface area contributed by atoms with Gasteiger partial charge < -0.3 is 4.90 Å². The highest BCUT2D eigenvalue weighted by molar-refractivity contribution is 7.89. The van der Waals surface area contributed by atoms with Gasteiger partial charge in [-0.05, 0) is 31.0 Å². The molecular weight excluding hydrogens is 344 g/mol. The van der Waals surface area contributed by atoms with E-state index in [1.165, 1.54) is 11.3 Å². The van der Waals surface area contributed by atoms with Gasteiger partial charge in [0, 0.05) is 30.7 Å². The van der Waals surface area contributed by atoms with Gasteiger partial charge in [0.25, 0.3) is 0 Å². The van der Waals surface area contributed by atoms with E-state index in [1.807, 2.05) is 5.38 Å². The molecule has 9 heteroatoms. The van der Waals surface area contributed by atoms with Crippen molar-refractivity contribution in [2.45, 2.75) is 23.8 Å². The van der Waals surface area contributed by atoms with E-state index in [9.17, 15) is 17.2 Å². The number of thiazole rings is 1. The third-order valence-electron chi connectivity index (χ3n) is 3.75. The van der Waals surface area contributed by atoms with Gasteiger partial charge in [0.2, 0.25) is 10.0 Å². The van der Waals surface area contributed by atoms with Crippen LogP contribution in [0.2, 0.25) is 0 Å². The Kier molecular flexibility index (Phi) is 4.60. The fourth-order valence-corrected chi connectivity index (χ4v) is 4.42. The van der Waals surface area contributed by atoms with Crippen LogP contribution in [0.1, 0.15) is 12.8 Å². The van der Waals surface area contributed by atoms with Crippen molar-refractivity contribution in [2.24, 2.45) is 0 Å². The molecule has 1 aromatic carbocycles. The minimum absolute atomic E-state index is 0.00113. The molecule has 5 nitrogen and oxygen atoms in total. The molecule has 1 aromatic heterocycles. The van der Waals surface area contributed by atoms with Crippen molar-refractivity contribution in [3.8, 4) is 0 Å². The minimum Gasteiger partial charge on any atom is -0.344 e. The molecule has 0 radical (unpaired) electrons. The SMILES string of the molecule is O=S(=O)(NCC1CCCN1c1nccs1)c1ccc(F)c(F)c1. The Morgan fingerprint density at radius 2 is 2.17 bits per heavy atom. The third kappa shape index (κ3) is 3.51. The number of rotatable bonds is 5. The predicted octanol–water partition coefficient (Wildman–Crippen LogP) is 2.37. The lowest BCUT2D eigenvalue weighted by atomic mass is 10.2. The largest absolute Gasteiger partial charge is 0.344 e. The van der Waals surface area contributed by atoms with Gasteiger partial charge in [0.05, 0.1) is 4.90 Å². The second kappa shape index (κ2) is 6.50. The molecule has 0 aliphatic carbocycles. The Morgan fingerprint density at radius 3 is 2.87 bits per heavy atom. The number of nitrogens with zero attached hydrogens (tertiary/aromatic N) is 2. The van der Waals surface area contributed by atoms with Crippen LogP contribution >= 0.6 is 11.3 Å². The van der Waals surface area contributed by atoms with Crippen molar-refractivity contribution in [2.75, 3.05) is 18.0 Å². The monoisotopic (exact) mass is 359 g/mol. The van der Waals surface area contributed by atoms with Crippen molar-refractivity contribution < 1.29 is 17.2 Å². The van der Waals surface area contributed by atoms with Gasteiger partial charge in [-0.15, -0.1) is 11.3 Å². The van der Waals surface area contributed by atoms with E-state index in [4.69, 9.17) is 0 Å². The molecular formula is C14H15F2N3O2S2. The Hall–Kier alpha value is -1.58.